The third-order valence-corrected chi connectivity index (χ3v) is 4.31. The Bertz CT molecular complexity index is 305. The third kappa shape index (κ3) is 5.78. The van der Waals surface area contributed by atoms with Crippen LogP contribution in [0.15, 0.2) is 12.2 Å². The van der Waals surface area contributed by atoms with E-state index in [1.54, 1.807) is 0 Å². The lowest BCUT2D eigenvalue weighted by Crippen LogP contribution is -2.23. The molecule has 19 heavy (non-hydrogen) atoms. The Kier molecular flexibility index (Phi) is 8.76. The Hall–Kier alpha value is -0.810. The molecular formula is C17H31NO. The number of hydrogen-bond donors (Lipinski definition) is 1. The van der Waals surface area contributed by atoms with Crippen molar-refractivity contribution in [1.29, 1.82) is 5.26 Å². The first-order valence-electron chi connectivity index (χ1n) is 7.72. The van der Waals surface area contributed by atoms with Crippen molar-refractivity contribution in [2.75, 3.05) is 6.61 Å². The van der Waals surface area contributed by atoms with Gasteiger partial charge in [-0.3, -0.25) is 0 Å². The molecule has 0 aliphatic heterocycles. The quantitative estimate of drug-likeness (QED) is 0.732. The van der Waals surface area contributed by atoms with Gasteiger partial charge in [0.05, 0.1) is 11.5 Å². The van der Waals surface area contributed by atoms with Gasteiger partial charge < -0.3 is 5.11 Å². The number of aliphatic hydroxyl groups is 1. The molecule has 3 unspecified atom stereocenters. The fourth-order valence-electron chi connectivity index (χ4n) is 2.89. The Morgan fingerprint density at radius 3 is 2.53 bits per heavy atom. The molecule has 0 aromatic heterocycles. The fraction of sp³-hybridized carbons (Fsp3) is 0.824. The topological polar surface area (TPSA) is 44.0 Å². The van der Waals surface area contributed by atoms with Crippen LogP contribution in [0.3, 0.4) is 0 Å². The van der Waals surface area contributed by atoms with E-state index < -0.39 is 0 Å². The highest BCUT2D eigenvalue weighted by Crippen LogP contribution is 2.39. The molecule has 2 heteroatoms. The van der Waals surface area contributed by atoms with E-state index in [-0.39, 0.29) is 12.0 Å². The van der Waals surface area contributed by atoms with Crippen LogP contribution in [0.1, 0.15) is 66.2 Å². The molecule has 1 N–H and O–H groups in total. The number of nitriles is 1. The molecule has 0 saturated heterocycles. The standard InChI is InChI=1S/C15H25NO.C2H6/c1-12-5-4-6-13(2)14(12)7-8-15(3,11-16)9-10-17;1-2/h13-14,17H,1,4-10H2,2-3H3;1-2H3. The molecule has 0 radical (unpaired) electrons. The number of allylic oxidation sites excluding steroid dienone is 1. The monoisotopic (exact) mass is 265 g/mol. The first-order valence-corrected chi connectivity index (χ1v) is 7.72. The number of rotatable bonds is 5. The highest BCUT2D eigenvalue weighted by Gasteiger charge is 2.29. The van der Waals surface area contributed by atoms with Crippen molar-refractivity contribution in [3.63, 3.8) is 0 Å². The number of aliphatic hydroxyl groups excluding tert-OH is 1. The summed E-state index contributed by atoms with van der Waals surface area (Å²) in [6, 6.07) is 2.36. The molecule has 1 saturated carbocycles. The number of hydrogen-bond acceptors (Lipinski definition) is 2. The van der Waals surface area contributed by atoms with E-state index in [0.29, 0.717) is 18.3 Å². The highest BCUT2D eigenvalue weighted by molar-refractivity contribution is 5.06. The average molecular weight is 265 g/mol. The van der Waals surface area contributed by atoms with Crippen LogP contribution in [0.4, 0.5) is 0 Å². The summed E-state index contributed by atoms with van der Waals surface area (Å²) >= 11 is 0. The van der Waals surface area contributed by atoms with E-state index in [9.17, 15) is 5.26 Å². The Morgan fingerprint density at radius 2 is 2.05 bits per heavy atom. The molecule has 1 aliphatic rings. The molecule has 0 heterocycles. The maximum absolute atomic E-state index is 9.19. The minimum Gasteiger partial charge on any atom is -0.396 e. The summed E-state index contributed by atoms with van der Waals surface area (Å²) in [5, 5.41) is 18.2. The summed E-state index contributed by atoms with van der Waals surface area (Å²) in [7, 11) is 0. The predicted octanol–water partition coefficient (Wildman–Crippen LogP) is 4.70. The van der Waals surface area contributed by atoms with Gasteiger partial charge in [0.15, 0.2) is 0 Å². The summed E-state index contributed by atoms with van der Waals surface area (Å²) in [5.41, 5.74) is 1.000. The molecule has 0 aromatic rings. The summed E-state index contributed by atoms with van der Waals surface area (Å²) in [4.78, 5) is 0. The highest BCUT2D eigenvalue weighted by atomic mass is 16.3. The van der Waals surface area contributed by atoms with Gasteiger partial charge in [0.2, 0.25) is 0 Å². The molecule has 0 aromatic carbocycles. The van der Waals surface area contributed by atoms with Crippen LogP contribution < -0.4 is 0 Å². The lowest BCUT2D eigenvalue weighted by Gasteiger charge is -2.33. The van der Waals surface area contributed by atoms with Gasteiger partial charge in [-0.1, -0.05) is 32.9 Å². The molecule has 1 rings (SSSR count). The van der Waals surface area contributed by atoms with E-state index in [1.165, 1.54) is 18.4 Å². The zero-order chi connectivity index (χ0) is 14.9. The predicted molar refractivity (Wildman–Crippen MR) is 81.6 cm³/mol. The van der Waals surface area contributed by atoms with Crippen LogP contribution in [-0.2, 0) is 0 Å². The van der Waals surface area contributed by atoms with Crippen LogP contribution >= 0.6 is 0 Å². The Labute approximate surface area is 119 Å². The molecule has 1 aliphatic carbocycles. The summed E-state index contributed by atoms with van der Waals surface area (Å²) in [6.45, 7) is 12.5. The summed E-state index contributed by atoms with van der Waals surface area (Å²) in [5.74, 6) is 1.28. The van der Waals surface area contributed by atoms with Crippen molar-refractivity contribution in [1.82, 2.24) is 0 Å². The van der Waals surface area contributed by atoms with Gasteiger partial charge in [0, 0.05) is 6.61 Å². The molecular weight excluding hydrogens is 234 g/mol. The van der Waals surface area contributed by atoms with Crippen LogP contribution in [0, 0.1) is 28.6 Å². The van der Waals surface area contributed by atoms with Crippen LogP contribution in [-0.4, -0.2) is 11.7 Å². The van der Waals surface area contributed by atoms with Gasteiger partial charge in [-0.05, 0) is 57.3 Å². The smallest absolute Gasteiger partial charge is 0.0687 e. The van der Waals surface area contributed by atoms with Gasteiger partial charge >= 0.3 is 0 Å². The van der Waals surface area contributed by atoms with Crippen LogP contribution in [0.25, 0.3) is 0 Å². The SMILES string of the molecule is C=C1CCCC(C)C1CCC(C)(C#N)CCO.CC. The maximum atomic E-state index is 9.19. The van der Waals surface area contributed by atoms with Gasteiger partial charge in [-0.2, -0.15) is 5.26 Å². The van der Waals surface area contributed by atoms with E-state index in [4.69, 9.17) is 5.11 Å². The fourth-order valence-corrected chi connectivity index (χ4v) is 2.89. The molecule has 0 bridgehead atoms. The van der Waals surface area contributed by atoms with E-state index >= 15 is 0 Å². The molecule has 110 valence electrons. The zero-order valence-corrected chi connectivity index (χ0v) is 13.2. The average Bonchev–Trinajstić information content (AvgIpc) is 2.41. The first kappa shape index (κ1) is 18.2. The summed E-state index contributed by atoms with van der Waals surface area (Å²) in [6.07, 6.45) is 6.20. The Balaban J connectivity index is 0.00000154. The van der Waals surface area contributed by atoms with E-state index in [0.717, 1.165) is 19.3 Å². The molecule has 0 spiro atoms. The van der Waals surface area contributed by atoms with Gasteiger partial charge in [-0.15, -0.1) is 0 Å². The first-order chi connectivity index (χ1) is 9.02. The number of nitrogens with zero attached hydrogens (tertiary/aromatic N) is 1. The summed E-state index contributed by atoms with van der Waals surface area (Å²) < 4.78 is 0. The molecule has 2 nitrogen and oxygen atoms in total. The van der Waals surface area contributed by atoms with E-state index in [1.807, 2.05) is 20.8 Å². The van der Waals surface area contributed by atoms with Crippen molar-refractivity contribution < 1.29 is 5.11 Å². The second kappa shape index (κ2) is 9.15. The van der Waals surface area contributed by atoms with Crippen molar-refractivity contribution in [2.24, 2.45) is 17.3 Å². The second-order valence-corrected chi connectivity index (χ2v) is 5.82. The third-order valence-electron chi connectivity index (χ3n) is 4.31. The van der Waals surface area contributed by atoms with E-state index in [2.05, 4.69) is 19.6 Å². The van der Waals surface area contributed by atoms with Gasteiger partial charge in [0.25, 0.3) is 0 Å². The zero-order valence-electron chi connectivity index (χ0n) is 13.2. The minimum absolute atomic E-state index is 0.102. The lowest BCUT2D eigenvalue weighted by atomic mass is 9.72. The van der Waals surface area contributed by atoms with Crippen molar-refractivity contribution in [3.05, 3.63) is 12.2 Å². The largest absolute Gasteiger partial charge is 0.396 e. The minimum atomic E-state index is -0.369. The van der Waals surface area contributed by atoms with Crippen molar-refractivity contribution >= 4 is 0 Å². The Morgan fingerprint density at radius 1 is 1.42 bits per heavy atom. The second-order valence-electron chi connectivity index (χ2n) is 5.82. The van der Waals surface area contributed by atoms with Crippen LogP contribution in [0.5, 0.6) is 0 Å². The molecule has 0 amide bonds. The van der Waals surface area contributed by atoms with Gasteiger partial charge in [0.1, 0.15) is 0 Å². The van der Waals surface area contributed by atoms with Crippen molar-refractivity contribution in [3.8, 4) is 6.07 Å². The van der Waals surface area contributed by atoms with Crippen molar-refractivity contribution in [2.45, 2.75) is 66.2 Å². The van der Waals surface area contributed by atoms with Gasteiger partial charge in [-0.25, -0.2) is 0 Å². The van der Waals surface area contributed by atoms with Crippen LogP contribution in [0.2, 0.25) is 0 Å². The molecule has 1 fully saturated rings. The molecule has 3 atom stereocenters. The lowest BCUT2D eigenvalue weighted by molar-refractivity contribution is 0.208. The normalized spacial score (nSPS) is 25.8. The maximum Gasteiger partial charge on any atom is 0.0687 e.